The first kappa shape index (κ1) is 19.4. The van der Waals surface area contributed by atoms with Crippen molar-refractivity contribution in [2.45, 2.75) is 26.7 Å². The van der Waals surface area contributed by atoms with E-state index in [-0.39, 0.29) is 11.8 Å². The van der Waals surface area contributed by atoms with E-state index in [1.807, 2.05) is 12.1 Å². The topological polar surface area (TPSA) is 61.9 Å². The van der Waals surface area contributed by atoms with Crippen LogP contribution >= 0.6 is 0 Å². The van der Waals surface area contributed by atoms with Gasteiger partial charge in [0, 0.05) is 37.3 Å². The Morgan fingerprint density at radius 3 is 2.76 bits per heavy atom. The molecule has 2 amide bonds. The Morgan fingerprint density at radius 2 is 2.08 bits per heavy atom. The fourth-order valence-corrected chi connectivity index (χ4v) is 2.91. The Kier molecular flexibility index (Phi) is 7.88. The normalized spacial score (nSPS) is 14.4. The van der Waals surface area contributed by atoms with Gasteiger partial charge in [-0.15, -0.1) is 0 Å². The Labute approximate surface area is 150 Å². The van der Waals surface area contributed by atoms with Crippen molar-refractivity contribution in [3.05, 3.63) is 29.8 Å². The van der Waals surface area contributed by atoms with Crippen LogP contribution in [-0.4, -0.2) is 62.7 Å². The molecule has 2 rings (SSSR count). The van der Waals surface area contributed by atoms with Crippen molar-refractivity contribution in [2.75, 3.05) is 50.8 Å². The average molecular weight is 347 g/mol. The van der Waals surface area contributed by atoms with E-state index in [0.29, 0.717) is 31.7 Å². The summed E-state index contributed by atoms with van der Waals surface area (Å²) in [6.07, 6.45) is 1.46. The molecule has 1 N–H and O–H groups in total. The maximum absolute atomic E-state index is 12.2. The van der Waals surface area contributed by atoms with Crippen molar-refractivity contribution < 1.29 is 14.3 Å². The third-order valence-electron chi connectivity index (χ3n) is 4.47. The molecule has 0 aromatic heterocycles. The van der Waals surface area contributed by atoms with Gasteiger partial charge in [-0.25, -0.2) is 0 Å². The number of nitrogens with one attached hydrogen (secondary N) is 1. The van der Waals surface area contributed by atoms with Gasteiger partial charge in [-0.1, -0.05) is 19.9 Å². The highest BCUT2D eigenvalue weighted by atomic mass is 16.5. The van der Waals surface area contributed by atoms with Crippen molar-refractivity contribution in [2.24, 2.45) is 0 Å². The van der Waals surface area contributed by atoms with Crippen molar-refractivity contribution in [1.29, 1.82) is 0 Å². The van der Waals surface area contributed by atoms with Crippen molar-refractivity contribution in [1.82, 2.24) is 10.2 Å². The molecule has 25 heavy (non-hydrogen) atoms. The molecule has 0 saturated carbocycles. The third kappa shape index (κ3) is 5.83. The Balaban J connectivity index is 1.73. The maximum Gasteiger partial charge on any atom is 0.251 e. The molecule has 1 fully saturated rings. The van der Waals surface area contributed by atoms with Crippen LogP contribution in [0.5, 0.6) is 0 Å². The fourth-order valence-electron chi connectivity index (χ4n) is 2.91. The quantitative estimate of drug-likeness (QED) is 0.657. The largest absolute Gasteiger partial charge is 0.378 e. The summed E-state index contributed by atoms with van der Waals surface area (Å²) < 4.78 is 5.56. The van der Waals surface area contributed by atoms with Gasteiger partial charge in [0.15, 0.2) is 0 Å². The zero-order valence-corrected chi connectivity index (χ0v) is 15.3. The first-order valence-corrected chi connectivity index (χ1v) is 9.14. The molecule has 1 aliphatic heterocycles. The van der Waals surface area contributed by atoms with Gasteiger partial charge in [0.2, 0.25) is 5.91 Å². The van der Waals surface area contributed by atoms with E-state index in [1.165, 1.54) is 0 Å². The lowest BCUT2D eigenvalue weighted by Gasteiger charge is -2.17. The van der Waals surface area contributed by atoms with E-state index in [1.54, 1.807) is 17.0 Å². The molecule has 0 bridgehead atoms. The highest BCUT2D eigenvalue weighted by Crippen LogP contribution is 2.22. The number of nitrogens with zero attached hydrogens (tertiary/aromatic N) is 2. The molecule has 138 valence electrons. The lowest BCUT2D eigenvalue weighted by Crippen LogP contribution is -2.30. The number of carbonyl (C=O) groups excluding carboxylic acids is 2. The first-order chi connectivity index (χ1) is 12.2. The van der Waals surface area contributed by atoms with Crippen LogP contribution in [0.2, 0.25) is 0 Å². The molecule has 1 saturated heterocycles. The predicted molar refractivity (Wildman–Crippen MR) is 99.0 cm³/mol. The van der Waals surface area contributed by atoms with Crippen molar-refractivity contribution in [3.63, 3.8) is 0 Å². The van der Waals surface area contributed by atoms with Crippen LogP contribution in [0, 0.1) is 0 Å². The minimum Gasteiger partial charge on any atom is -0.378 e. The Morgan fingerprint density at radius 1 is 1.28 bits per heavy atom. The van der Waals surface area contributed by atoms with Gasteiger partial charge in [-0.3, -0.25) is 9.59 Å². The van der Waals surface area contributed by atoms with Crippen LogP contribution in [0.15, 0.2) is 24.3 Å². The summed E-state index contributed by atoms with van der Waals surface area (Å²) in [4.78, 5) is 28.1. The molecular weight excluding hydrogens is 318 g/mol. The molecule has 0 atom stereocenters. The molecular formula is C19H29N3O3. The maximum atomic E-state index is 12.2. The lowest BCUT2D eigenvalue weighted by molar-refractivity contribution is -0.117. The number of anilines is 1. The summed E-state index contributed by atoms with van der Waals surface area (Å²) in [5.74, 6) is -0.0139. The van der Waals surface area contributed by atoms with Gasteiger partial charge in [0.05, 0.1) is 13.2 Å². The van der Waals surface area contributed by atoms with Crippen molar-refractivity contribution in [3.8, 4) is 0 Å². The number of hydrogen-bond acceptors (Lipinski definition) is 4. The van der Waals surface area contributed by atoms with E-state index in [0.717, 1.165) is 38.3 Å². The standard InChI is InChI=1S/C19H29N3O3/c1-3-21(4-2)12-14-25-13-10-20-19(24)16-7-5-8-17(15-16)22-11-6-9-18(22)23/h5,7-8,15H,3-4,6,9-14H2,1-2H3,(H,20,24). The zero-order valence-electron chi connectivity index (χ0n) is 15.3. The van der Waals surface area contributed by atoms with E-state index >= 15 is 0 Å². The summed E-state index contributed by atoms with van der Waals surface area (Å²) in [6, 6.07) is 7.23. The lowest BCUT2D eigenvalue weighted by atomic mass is 10.1. The number of ether oxygens (including phenoxy) is 1. The monoisotopic (exact) mass is 347 g/mol. The first-order valence-electron chi connectivity index (χ1n) is 9.14. The molecule has 0 unspecified atom stereocenters. The predicted octanol–water partition coefficient (Wildman–Crippen LogP) is 1.90. The molecule has 1 aliphatic rings. The molecule has 0 aliphatic carbocycles. The second kappa shape index (κ2) is 10.2. The fraction of sp³-hybridized carbons (Fsp3) is 0.579. The van der Waals surface area contributed by atoms with Gasteiger partial charge in [-0.05, 0) is 37.7 Å². The molecule has 6 nitrogen and oxygen atoms in total. The van der Waals surface area contributed by atoms with Gasteiger partial charge in [0.1, 0.15) is 0 Å². The number of hydrogen-bond donors (Lipinski definition) is 1. The second-order valence-corrected chi connectivity index (χ2v) is 6.09. The minimum atomic E-state index is -0.138. The summed E-state index contributed by atoms with van der Waals surface area (Å²) in [5.41, 5.74) is 1.37. The highest BCUT2D eigenvalue weighted by Gasteiger charge is 2.22. The minimum absolute atomic E-state index is 0.124. The number of carbonyl (C=O) groups is 2. The van der Waals surface area contributed by atoms with Crippen LogP contribution in [0.25, 0.3) is 0 Å². The molecule has 0 spiro atoms. The third-order valence-corrected chi connectivity index (χ3v) is 4.47. The molecule has 1 aromatic carbocycles. The number of amides is 2. The highest BCUT2D eigenvalue weighted by molar-refractivity contribution is 5.99. The summed E-state index contributed by atoms with van der Waals surface area (Å²) >= 11 is 0. The Hall–Kier alpha value is -1.92. The van der Waals surface area contributed by atoms with Crippen molar-refractivity contribution >= 4 is 17.5 Å². The summed E-state index contributed by atoms with van der Waals surface area (Å²) in [7, 11) is 0. The van der Waals surface area contributed by atoms with E-state index in [2.05, 4.69) is 24.1 Å². The summed E-state index contributed by atoms with van der Waals surface area (Å²) in [5, 5.41) is 2.86. The van der Waals surface area contributed by atoms with Gasteiger partial charge in [-0.2, -0.15) is 0 Å². The Bertz CT molecular complexity index is 573. The molecule has 0 radical (unpaired) electrons. The van der Waals surface area contributed by atoms with Crippen LogP contribution in [0.1, 0.15) is 37.0 Å². The smallest absolute Gasteiger partial charge is 0.251 e. The number of rotatable bonds is 10. The molecule has 1 heterocycles. The van der Waals surface area contributed by atoms with Gasteiger partial charge >= 0.3 is 0 Å². The zero-order chi connectivity index (χ0) is 18.1. The summed E-state index contributed by atoms with van der Waals surface area (Å²) in [6.45, 7) is 9.59. The number of benzene rings is 1. The number of likely N-dealkylation sites (N-methyl/N-ethyl adjacent to an activating group) is 1. The van der Waals surface area contributed by atoms with Gasteiger partial charge < -0.3 is 19.9 Å². The second-order valence-electron chi connectivity index (χ2n) is 6.09. The van der Waals surface area contributed by atoms with Gasteiger partial charge in [0.25, 0.3) is 5.91 Å². The van der Waals surface area contributed by atoms with Crippen LogP contribution in [-0.2, 0) is 9.53 Å². The van der Waals surface area contributed by atoms with E-state index in [4.69, 9.17) is 4.74 Å². The van der Waals surface area contributed by atoms with E-state index in [9.17, 15) is 9.59 Å². The average Bonchev–Trinajstić information content (AvgIpc) is 3.07. The molecule has 1 aromatic rings. The van der Waals surface area contributed by atoms with E-state index < -0.39 is 0 Å². The SMILES string of the molecule is CCN(CC)CCOCCNC(=O)c1cccc(N2CCCC2=O)c1. The van der Waals surface area contributed by atoms with Crippen LogP contribution in [0.4, 0.5) is 5.69 Å². The molecule has 6 heteroatoms. The van der Waals surface area contributed by atoms with Crippen LogP contribution < -0.4 is 10.2 Å². The van der Waals surface area contributed by atoms with Crippen LogP contribution in [0.3, 0.4) is 0 Å².